The number of carbonyl (C=O) groups is 2. The molecule has 1 fully saturated rings. The quantitative estimate of drug-likeness (QED) is 0.751. The second kappa shape index (κ2) is 5.84. The predicted molar refractivity (Wildman–Crippen MR) is 72.1 cm³/mol. The van der Waals surface area contributed by atoms with Crippen LogP contribution in [-0.4, -0.2) is 17.9 Å². The van der Waals surface area contributed by atoms with Crippen molar-refractivity contribution in [1.82, 2.24) is 16.2 Å². The monoisotopic (exact) mass is 261 g/mol. The fourth-order valence-corrected chi connectivity index (χ4v) is 2.05. The molecule has 0 spiro atoms. The molecule has 0 aromatic heterocycles. The van der Waals surface area contributed by atoms with Gasteiger partial charge < -0.3 is 5.32 Å². The van der Waals surface area contributed by atoms with Crippen LogP contribution in [0, 0.1) is 0 Å². The Hall–Kier alpha value is -1.88. The zero-order chi connectivity index (χ0) is 13.8. The summed E-state index contributed by atoms with van der Waals surface area (Å²) in [5.74, 6) is -0.314. The molecule has 1 aromatic carbocycles. The number of carbonyl (C=O) groups excluding carboxylic acids is 2. The zero-order valence-electron chi connectivity index (χ0n) is 11.2. The molecule has 102 valence electrons. The maximum absolute atomic E-state index is 11.9. The van der Waals surface area contributed by atoms with Crippen LogP contribution in [-0.2, 0) is 16.0 Å². The Morgan fingerprint density at radius 3 is 2.63 bits per heavy atom. The van der Waals surface area contributed by atoms with Crippen LogP contribution in [0.1, 0.15) is 37.4 Å². The smallest absolute Gasteiger partial charge is 0.239 e. The fraction of sp³-hybridized carbons (Fsp3) is 0.429. The van der Waals surface area contributed by atoms with E-state index >= 15 is 0 Å². The highest BCUT2D eigenvalue weighted by Gasteiger charge is 2.28. The summed E-state index contributed by atoms with van der Waals surface area (Å²) in [6, 6.07) is 7.62. The van der Waals surface area contributed by atoms with Crippen LogP contribution in [0.2, 0.25) is 0 Å². The van der Waals surface area contributed by atoms with Crippen molar-refractivity contribution in [3.63, 3.8) is 0 Å². The molecule has 0 radical (unpaired) electrons. The van der Waals surface area contributed by atoms with Gasteiger partial charge in [-0.05, 0) is 24.5 Å². The van der Waals surface area contributed by atoms with Crippen molar-refractivity contribution >= 4 is 11.8 Å². The molecule has 0 saturated carbocycles. The minimum atomic E-state index is -0.482. The topological polar surface area (TPSA) is 70.2 Å². The van der Waals surface area contributed by atoms with Crippen molar-refractivity contribution in [3.05, 3.63) is 35.4 Å². The van der Waals surface area contributed by atoms with Crippen molar-refractivity contribution in [1.29, 1.82) is 0 Å². The van der Waals surface area contributed by atoms with E-state index in [4.69, 9.17) is 0 Å². The van der Waals surface area contributed by atoms with E-state index in [1.54, 1.807) is 0 Å². The highest BCUT2D eigenvalue weighted by Crippen LogP contribution is 2.14. The van der Waals surface area contributed by atoms with E-state index < -0.39 is 6.04 Å². The second-order valence-electron chi connectivity index (χ2n) is 4.77. The minimum Gasteiger partial charge on any atom is -0.348 e. The van der Waals surface area contributed by atoms with Crippen molar-refractivity contribution in [3.8, 4) is 0 Å². The molecule has 1 aliphatic rings. The maximum Gasteiger partial charge on any atom is 0.239 e. The molecular weight excluding hydrogens is 242 g/mol. The van der Waals surface area contributed by atoms with Crippen LogP contribution in [0.3, 0.4) is 0 Å². The SMILES string of the molecule is CCc1ccc(C(C)NC(=O)C2CC(=O)NN2)cc1. The molecule has 0 bridgehead atoms. The molecule has 19 heavy (non-hydrogen) atoms. The fourth-order valence-electron chi connectivity index (χ4n) is 2.05. The van der Waals surface area contributed by atoms with Gasteiger partial charge in [0.2, 0.25) is 11.8 Å². The van der Waals surface area contributed by atoms with Gasteiger partial charge in [-0.1, -0.05) is 31.2 Å². The van der Waals surface area contributed by atoms with Crippen LogP contribution >= 0.6 is 0 Å². The van der Waals surface area contributed by atoms with Gasteiger partial charge in [0.15, 0.2) is 0 Å². The molecule has 1 aromatic rings. The van der Waals surface area contributed by atoms with E-state index in [2.05, 4.69) is 35.2 Å². The number of benzene rings is 1. The Morgan fingerprint density at radius 2 is 2.11 bits per heavy atom. The Labute approximate surface area is 112 Å². The number of aryl methyl sites for hydroxylation is 1. The first kappa shape index (κ1) is 13.5. The van der Waals surface area contributed by atoms with E-state index in [-0.39, 0.29) is 24.3 Å². The lowest BCUT2D eigenvalue weighted by molar-refractivity contribution is -0.125. The van der Waals surface area contributed by atoms with Gasteiger partial charge in [-0.3, -0.25) is 15.0 Å². The van der Waals surface area contributed by atoms with Crippen LogP contribution in [0.15, 0.2) is 24.3 Å². The zero-order valence-corrected chi connectivity index (χ0v) is 11.2. The molecule has 2 amide bonds. The summed E-state index contributed by atoms with van der Waals surface area (Å²) in [6.45, 7) is 4.04. The van der Waals surface area contributed by atoms with E-state index in [9.17, 15) is 9.59 Å². The summed E-state index contributed by atoms with van der Waals surface area (Å²) >= 11 is 0. The number of amides is 2. The van der Waals surface area contributed by atoms with Crippen LogP contribution in [0.25, 0.3) is 0 Å². The highest BCUT2D eigenvalue weighted by atomic mass is 16.2. The van der Waals surface area contributed by atoms with E-state index in [1.807, 2.05) is 19.1 Å². The Balaban J connectivity index is 1.94. The first-order valence-corrected chi connectivity index (χ1v) is 6.53. The number of hydrazine groups is 1. The van der Waals surface area contributed by atoms with Gasteiger partial charge in [-0.2, -0.15) is 0 Å². The van der Waals surface area contributed by atoms with Crippen molar-refractivity contribution < 1.29 is 9.59 Å². The highest BCUT2D eigenvalue weighted by molar-refractivity contribution is 5.90. The van der Waals surface area contributed by atoms with Gasteiger partial charge in [0.05, 0.1) is 12.5 Å². The number of hydrogen-bond donors (Lipinski definition) is 3. The normalized spacial score (nSPS) is 19.9. The first-order chi connectivity index (χ1) is 9.10. The number of hydrogen-bond acceptors (Lipinski definition) is 3. The molecule has 2 atom stereocenters. The lowest BCUT2D eigenvalue weighted by atomic mass is 10.0. The lowest BCUT2D eigenvalue weighted by Crippen LogP contribution is -2.44. The van der Waals surface area contributed by atoms with Crippen LogP contribution in [0.4, 0.5) is 0 Å². The molecule has 5 heteroatoms. The first-order valence-electron chi connectivity index (χ1n) is 6.53. The van der Waals surface area contributed by atoms with Gasteiger partial charge in [-0.25, -0.2) is 5.43 Å². The molecule has 2 unspecified atom stereocenters. The molecule has 2 rings (SSSR count). The summed E-state index contributed by atoms with van der Waals surface area (Å²) in [7, 11) is 0. The third-order valence-corrected chi connectivity index (χ3v) is 3.34. The standard InChI is InChI=1S/C14H19N3O2/c1-3-10-4-6-11(7-5-10)9(2)15-14(19)12-8-13(18)17-16-12/h4-7,9,12,16H,3,8H2,1-2H3,(H,15,19)(H,17,18). The van der Waals surface area contributed by atoms with Crippen molar-refractivity contribution in [2.75, 3.05) is 0 Å². The molecular formula is C14H19N3O2. The molecule has 0 aliphatic carbocycles. The number of nitrogens with one attached hydrogen (secondary N) is 3. The van der Waals surface area contributed by atoms with Crippen molar-refractivity contribution in [2.45, 2.75) is 38.8 Å². The summed E-state index contributed by atoms with van der Waals surface area (Å²) in [6.07, 6.45) is 1.19. The summed E-state index contributed by atoms with van der Waals surface area (Å²) in [5.41, 5.74) is 7.43. The third-order valence-electron chi connectivity index (χ3n) is 3.34. The Bertz CT molecular complexity index is 470. The number of rotatable bonds is 4. The van der Waals surface area contributed by atoms with E-state index in [0.717, 1.165) is 12.0 Å². The van der Waals surface area contributed by atoms with E-state index in [1.165, 1.54) is 5.56 Å². The molecule has 5 nitrogen and oxygen atoms in total. The average Bonchev–Trinajstić information content (AvgIpc) is 2.85. The summed E-state index contributed by atoms with van der Waals surface area (Å²) in [5, 5.41) is 2.90. The second-order valence-corrected chi connectivity index (χ2v) is 4.77. The Kier molecular flexibility index (Phi) is 4.16. The third kappa shape index (κ3) is 3.32. The van der Waals surface area contributed by atoms with E-state index in [0.29, 0.717) is 0 Å². The van der Waals surface area contributed by atoms with Crippen LogP contribution < -0.4 is 16.2 Å². The predicted octanol–water partition coefficient (Wildman–Crippen LogP) is 0.819. The van der Waals surface area contributed by atoms with Crippen LogP contribution in [0.5, 0.6) is 0 Å². The minimum absolute atomic E-state index is 0.0732. The maximum atomic E-state index is 11.9. The summed E-state index contributed by atoms with van der Waals surface area (Å²) < 4.78 is 0. The lowest BCUT2D eigenvalue weighted by Gasteiger charge is -2.17. The van der Waals surface area contributed by atoms with Gasteiger partial charge in [0.25, 0.3) is 0 Å². The average molecular weight is 261 g/mol. The van der Waals surface area contributed by atoms with Crippen molar-refractivity contribution in [2.24, 2.45) is 0 Å². The van der Waals surface area contributed by atoms with Gasteiger partial charge >= 0.3 is 0 Å². The molecule has 1 aliphatic heterocycles. The van der Waals surface area contributed by atoms with Gasteiger partial charge in [0, 0.05) is 0 Å². The molecule has 1 heterocycles. The van der Waals surface area contributed by atoms with Gasteiger partial charge in [-0.15, -0.1) is 0 Å². The molecule has 3 N–H and O–H groups in total. The van der Waals surface area contributed by atoms with Gasteiger partial charge in [0.1, 0.15) is 6.04 Å². The largest absolute Gasteiger partial charge is 0.348 e. The molecule has 1 saturated heterocycles. The Morgan fingerprint density at radius 1 is 1.42 bits per heavy atom. The summed E-state index contributed by atoms with van der Waals surface area (Å²) in [4.78, 5) is 23.0.